The van der Waals surface area contributed by atoms with Crippen molar-refractivity contribution >= 4 is 23.3 Å². The lowest BCUT2D eigenvalue weighted by Crippen LogP contribution is -2.43. The Kier molecular flexibility index (Phi) is 7.05. The van der Waals surface area contributed by atoms with Gasteiger partial charge >= 0.3 is 0 Å². The molecule has 0 unspecified atom stereocenters. The van der Waals surface area contributed by atoms with Gasteiger partial charge in [-0.15, -0.1) is 0 Å². The first-order valence-electron chi connectivity index (χ1n) is 11.5. The molecule has 2 aromatic rings. The molecule has 1 saturated heterocycles. The number of nitrogens with zero attached hydrogens (tertiary/aromatic N) is 3. The molecule has 0 radical (unpaired) electrons. The lowest BCUT2D eigenvalue weighted by atomic mass is 10.1. The molecule has 0 spiro atoms. The van der Waals surface area contributed by atoms with Crippen LogP contribution in [0.2, 0.25) is 0 Å². The molecule has 1 aliphatic heterocycles. The summed E-state index contributed by atoms with van der Waals surface area (Å²) in [5.74, 6) is 0.485. The number of carbonyl (C=O) groups excluding carboxylic acids is 2. The second kappa shape index (κ2) is 10.1. The smallest absolute Gasteiger partial charge is 0.260 e. The van der Waals surface area contributed by atoms with E-state index in [0.29, 0.717) is 18.8 Å². The van der Waals surface area contributed by atoms with Crippen LogP contribution in [-0.4, -0.2) is 55.7 Å². The van der Waals surface area contributed by atoms with E-state index >= 15 is 0 Å². The Labute approximate surface area is 189 Å². The van der Waals surface area contributed by atoms with Crippen LogP contribution in [0.1, 0.15) is 47.2 Å². The third kappa shape index (κ3) is 5.27. The minimum Gasteiger partial charge on any atom is -0.378 e. The van der Waals surface area contributed by atoms with Gasteiger partial charge in [-0.25, -0.2) is 4.98 Å². The molecule has 2 aliphatic rings. The van der Waals surface area contributed by atoms with Crippen molar-refractivity contribution in [3.8, 4) is 0 Å². The van der Waals surface area contributed by atoms with Gasteiger partial charge in [-0.1, -0.05) is 18.9 Å². The summed E-state index contributed by atoms with van der Waals surface area (Å²) in [5.41, 5.74) is 3.41. The molecule has 0 atom stereocenters. The summed E-state index contributed by atoms with van der Waals surface area (Å²) in [7, 11) is 0. The van der Waals surface area contributed by atoms with E-state index in [-0.39, 0.29) is 24.4 Å². The van der Waals surface area contributed by atoms with Gasteiger partial charge in [0.15, 0.2) is 0 Å². The Morgan fingerprint density at radius 1 is 1.09 bits per heavy atom. The predicted octanol–water partition coefficient (Wildman–Crippen LogP) is 3.24. The number of carbonyl (C=O) groups is 2. The van der Waals surface area contributed by atoms with Crippen LogP contribution in [0.3, 0.4) is 0 Å². The quantitative estimate of drug-likeness (QED) is 0.753. The number of hydrogen-bond donors (Lipinski definition) is 1. The van der Waals surface area contributed by atoms with Gasteiger partial charge in [-0.05, 0) is 62.1 Å². The Balaban J connectivity index is 1.54. The molecule has 170 valence electrons. The normalized spacial score (nSPS) is 16.8. The largest absolute Gasteiger partial charge is 0.378 e. The Bertz CT molecular complexity index is 948. The molecule has 32 heavy (non-hydrogen) atoms. The summed E-state index contributed by atoms with van der Waals surface area (Å²) >= 11 is 0. The van der Waals surface area contributed by atoms with E-state index in [4.69, 9.17) is 4.74 Å². The monoisotopic (exact) mass is 436 g/mol. The maximum atomic E-state index is 13.5. The minimum atomic E-state index is -0.226. The molecule has 1 aliphatic carbocycles. The van der Waals surface area contributed by atoms with Gasteiger partial charge in [0, 0.05) is 31.0 Å². The number of pyridine rings is 1. The molecular weight excluding hydrogens is 404 g/mol. The van der Waals surface area contributed by atoms with Crippen LogP contribution < -0.4 is 15.1 Å². The van der Waals surface area contributed by atoms with Crippen molar-refractivity contribution in [1.82, 2.24) is 10.3 Å². The van der Waals surface area contributed by atoms with Crippen LogP contribution in [0.15, 0.2) is 36.5 Å². The SMILES string of the molecule is Cc1ccc(N(CC(=O)NC2CCCC2)C(=O)c2ccc(N3CCOCC3)nc2)cc1C. The molecule has 2 amide bonds. The van der Waals surface area contributed by atoms with E-state index in [1.54, 1.807) is 17.2 Å². The lowest BCUT2D eigenvalue weighted by molar-refractivity contribution is -0.120. The van der Waals surface area contributed by atoms with Crippen LogP contribution in [-0.2, 0) is 9.53 Å². The summed E-state index contributed by atoms with van der Waals surface area (Å²) in [6.45, 7) is 6.97. The van der Waals surface area contributed by atoms with E-state index in [0.717, 1.165) is 61.4 Å². The van der Waals surface area contributed by atoms with Crippen LogP contribution in [0.4, 0.5) is 11.5 Å². The molecule has 1 aromatic carbocycles. The second-order valence-electron chi connectivity index (χ2n) is 8.71. The zero-order chi connectivity index (χ0) is 22.5. The van der Waals surface area contributed by atoms with Crippen molar-refractivity contribution in [2.45, 2.75) is 45.6 Å². The van der Waals surface area contributed by atoms with Gasteiger partial charge in [-0.3, -0.25) is 14.5 Å². The number of nitrogens with one attached hydrogen (secondary N) is 1. The lowest BCUT2D eigenvalue weighted by Gasteiger charge is -2.28. The number of benzene rings is 1. The van der Waals surface area contributed by atoms with Gasteiger partial charge in [0.1, 0.15) is 12.4 Å². The van der Waals surface area contributed by atoms with Gasteiger partial charge < -0.3 is 15.0 Å². The van der Waals surface area contributed by atoms with Crippen molar-refractivity contribution in [2.75, 3.05) is 42.6 Å². The maximum Gasteiger partial charge on any atom is 0.260 e. The van der Waals surface area contributed by atoms with Crippen molar-refractivity contribution < 1.29 is 14.3 Å². The first-order valence-corrected chi connectivity index (χ1v) is 11.5. The highest BCUT2D eigenvalue weighted by molar-refractivity contribution is 6.08. The average molecular weight is 437 g/mol. The van der Waals surface area contributed by atoms with E-state index in [1.807, 2.05) is 38.1 Å². The van der Waals surface area contributed by atoms with E-state index in [9.17, 15) is 9.59 Å². The molecule has 1 saturated carbocycles. The Morgan fingerprint density at radius 2 is 1.84 bits per heavy atom. The van der Waals surface area contributed by atoms with E-state index in [1.165, 1.54) is 0 Å². The molecule has 2 heterocycles. The van der Waals surface area contributed by atoms with Gasteiger partial charge in [0.2, 0.25) is 5.91 Å². The number of amides is 2. The van der Waals surface area contributed by atoms with E-state index < -0.39 is 0 Å². The number of rotatable bonds is 6. The topological polar surface area (TPSA) is 74.8 Å². The highest BCUT2D eigenvalue weighted by Crippen LogP contribution is 2.23. The maximum absolute atomic E-state index is 13.5. The predicted molar refractivity (Wildman–Crippen MR) is 125 cm³/mol. The highest BCUT2D eigenvalue weighted by Gasteiger charge is 2.24. The number of anilines is 2. The summed E-state index contributed by atoms with van der Waals surface area (Å²) < 4.78 is 5.40. The van der Waals surface area contributed by atoms with Crippen molar-refractivity contribution in [2.24, 2.45) is 0 Å². The number of ether oxygens (including phenoxy) is 1. The molecule has 1 aromatic heterocycles. The molecule has 7 heteroatoms. The molecule has 2 fully saturated rings. The van der Waals surface area contributed by atoms with Gasteiger partial charge in [0.25, 0.3) is 5.91 Å². The van der Waals surface area contributed by atoms with Gasteiger partial charge in [-0.2, -0.15) is 0 Å². The van der Waals surface area contributed by atoms with Crippen molar-refractivity contribution in [3.63, 3.8) is 0 Å². The van der Waals surface area contributed by atoms with Gasteiger partial charge in [0.05, 0.1) is 18.8 Å². The Morgan fingerprint density at radius 3 is 2.50 bits per heavy atom. The van der Waals surface area contributed by atoms with Crippen LogP contribution in [0, 0.1) is 13.8 Å². The fourth-order valence-corrected chi connectivity index (χ4v) is 4.31. The third-order valence-electron chi connectivity index (χ3n) is 6.40. The number of aryl methyl sites for hydroxylation is 2. The van der Waals surface area contributed by atoms with E-state index in [2.05, 4.69) is 15.2 Å². The highest BCUT2D eigenvalue weighted by atomic mass is 16.5. The van der Waals surface area contributed by atoms with Crippen LogP contribution in [0.5, 0.6) is 0 Å². The number of hydrogen-bond acceptors (Lipinski definition) is 5. The third-order valence-corrected chi connectivity index (χ3v) is 6.40. The Hall–Kier alpha value is -2.93. The zero-order valence-electron chi connectivity index (χ0n) is 19.0. The van der Waals surface area contributed by atoms with Crippen molar-refractivity contribution in [1.29, 1.82) is 0 Å². The minimum absolute atomic E-state index is 0.0109. The van der Waals surface area contributed by atoms with Crippen LogP contribution in [0.25, 0.3) is 0 Å². The standard InChI is InChI=1S/C25H32N4O3/c1-18-7-9-22(15-19(18)2)29(17-24(30)27-21-5-3-4-6-21)25(31)20-8-10-23(26-16-20)28-11-13-32-14-12-28/h7-10,15-16,21H,3-6,11-14,17H2,1-2H3,(H,27,30). The summed E-state index contributed by atoms with van der Waals surface area (Å²) in [4.78, 5) is 34.5. The molecule has 7 nitrogen and oxygen atoms in total. The van der Waals surface area contributed by atoms with Crippen LogP contribution >= 0.6 is 0 Å². The summed E-state index contributed by atoms with van der Waals surface area (Å²) in [5, 5.41) is 3.10. The first kappa shape index (κ1) is 22.3. The molecular formula is C25H32N4O3. The summed E-state index contributed by atoms with van der Waals surface area (Å²) in [6, 6.07) is 9.73. The number of aromatic nitrogens is 1. The first-order chi connectivity index (χ1) is 15.5. The number of morpholine rings is 1. The van der Waals surface area contributed by atoms with Crippen molar-refractivity contribution in [3.05, 3.63) is 53.2 Å². The summed E-state index contributed by atoms with van der Waals surface area (Å²) in [6.07, 6.45) is 5.92. The average Bonchev–Trinajstić information content (AvgIpc) is 3.32. The fraction of sp³-hybridized carbons (Fsp3) is 0.480. The fourth-order valence-electron chi connectivity index (χ4n) is 4.31. The second-order valence-corrected chi connectivity index (χ2v) is 8.71. The molecule has 1 N–H and O–H groups in total. The molecule has 0 bridgehead atoms. The zero-order valence-corrected chi connectivity index (χ0v) is 19.0. The molecule has 4 rings (SSSR count).